The summed E-state index contributed by atoms with van der Waals surface area (Å²) in [5.74, 6) is 2.83. The standard InChI is InChI=1S/C55H75FO8/c1-6-7-9-13-40-16-18-41(19-17-40)42-20-22-43(23-21-42)44-24-26-48(51(56)36-44)47-35-50(49(15-10-8-11-28-57)53(37-47)62-31-33-64-55(60)39(4)5)45-25-27-52(46(34-45)14-12-29-58)61-30-32-63-54(59)38(2)3/h24-27,34-37,40-43,57-58H,2,4,6-23,28-33H2,1,3,5H3. The van der Waals surface area contributed by atoms with Crippen molar-refractivity contribution in [2.75, 3.05) is 39.6 Å². The number of unbranched alkanes of at least 4 members (excludes halogenated alkanes) is 4. The van der Waals surface area contributed by atoms with Crippen molar-refractivity contribution in [3.05, 3.63) is 95.3 Å². The fraction of sp³-hybridized carbons (Fsp3) is 0.564. The van der Waals surface area contributed by atoms with E-state index in [1.54, 1.807) is 19.9 Å². The van der Waals surface area contributed by atoms with Crippen molar-refractivity contribution in [2.45, 2.75) is 142 Å². The van der Waals surface area contributed by atoms with E-state index in [9.17, 15) is 19.8 Å². The Hall–Kier alpha value is -4.47. The second-order valence-electron chi connectivity index (χ2n) is 18.3. The summed E-state index contributed by atoms with van der Waals surface area (Å²) < 4.78 is 39.8. The minimum atomic E-state index is -0.495. The molecule has 0 radical (unpaired) electrons. The van der Waals surface area contributed by atoms with Crippen molar-refractivity contribution < 1.29 is 43.1 Å². The molecule has 0 amide bonds. The number of aliphatic hydroxyl groups is 2. The van der Waals surface area contributed by atoms with E-state index in [-0.39, 0.29) is 45.5 Å². The fourth-order valence-corrected chi connectivity index (χ4v) is 9.78. The molecule has 0 aliphatic heterocycles. The van der Waals surface area contributed by atoms with Gasteiger partial charge in [0.25, 0.3) is 0 Å². The average molecular weight is 883 g/mol. The maximum atomic E-state index is 16.6. The number of hydrogen-bond donors (Lipinski definition) is 2. The summed E-state index contributed by atoms with van der Waals surface area (Å²) in [5.41, 5.74) is 6.33. The number of rotatable bonds is 26. The van der Waals surface area contributed by atoms with Crippen LogP contribution in [0.3, 0.4) is 0 Å². The van der Waals surface area contributed by atoms with Crippen LogP contribution in [0, 0.1) is 23.6 Å². The number of halogens is 1. The Kier molecular flexibility index (Phi) is 20.9. The second kappa shape index (κ2) is 26.5. The molecule has 2 aliphatic rings. The van der Waals surface area contributed by atoms with Gasteiger partial charge in [0.2, 0.25) is 0 Å². The van der Waals surface area contributed by atoms with Gasteiger partial charge in [-0.3, -0.25) is 0 Å². The molecule has 2 aliphatic carbocycles. The Balaban J connectivity index is 1.42. The Morgan fingerprint density at radius 3 is 1.89 bits per heavy atom. The quantitative estimate of drug-likeness (QED) is 0.0466. The maximum Gasteiger partial charge on any atom is 0.333 e. The van der Waals surface area contributed by atoms with Crippen LogP contribution in [0.4, 0.5) is 4.39 Å². The molecule has 0 spiro atoms. The molecule has 0 heterocycles. The summed E-state index contributed by atoms with van der Waals surface area (Å²) in [6.07, 6.45) is 19.5. The Bertz CT molecular complexity index is 1970. The van der Waals surface area contributed by atoms with E-state index in [0.29, 0.717) is 65.4 Å². The third-order valence-electron chi connectivity index (χ3n) is 13.4. The van der Waals surface area contributed by atoms with E-state index in [1.807, 2.05) is 36.4 Å². The molecule has 8 nitrogen and oxygen atoms in total. The van der Waals surface area contributed by atoms with Gasteiger partial charge in [0, 0.05) is 35.5 Å². The third-order valence-corrected chi connectivity index (χ3v) is 13.4. The van der Waals surface area contributed by atoms with Gasteiger partial charge >= 0.3 is 11.9 Å². The molecule has 0 saturated heterocycles. The monoisotopic (exact) mass is 883 g/mol. The zero-order valence-electron chi connectivity index (χ0n) is 39.0. The number of hydrogen-bond acceptors (Lipinski definition) is 8. The van der Waals surface area contributed by atoms with Crippen molar-refractivity contribution >= 4 is 11.9 Å². The van der Waals surface area contributed by atoms with Crippen LogP contribution in [-0.4, -0.2) is 61.8 Å². The van der Waals surface area contributed by atoms with Gasteiger partial charge in [-0.25, -0.2) is 14.0 Å². The Morgan fingerprint density at radius 1 is 0.641 bits per heavy atom. The van der Waals surface area contributed by atoms with Crippen molar-refractivity contribution in [1.29, 1.82) is 0 Å². The second-order valence-corrected chi connectivity index (χ2v) is 18.3. The lowest BCUT2D eigenvalue weighted by atomic mass is 9.68. The molecule has 0 atom stereocenters. The smallest absolute Gasteiger partial charge is 0.333 e. The molecule has 0 bridgehead atoms. The fourth-order valence-electron chi connectivity index (χ4n) is 9.78. The van der Waals surface area contributed by atoms with E-state index >= 15 is 4.39 Å². The SMILES string of the molecule is C=C(C)C(=O)OCCOc1ccc(-c2cc(-c3ccc(C4CCC(C5CCC(CCCCC)CC5)CC4)cc3F)cc(OCCOC(=O)C(=C)C)c2CCCCCO)cc1CCCO. The van der Waals surface area contributed by atoms with E-state index in [0.717, 1.165) is 71.3 Å². The lowest BCUT2D eigenvalue weighted by Gasteiger charge is -2.38. The number of aryl methyl sites for hydroxylation is 1. The van der Waals surface area contributed by atoms with Crippen molar-refractivity contribution in [1.82, 2.24) is 0 Å². The first kappa shape index (κ1) is 50.5. The molecule has 2 N–H and O–H groups in total. The van der Waals surface area contributed by atoms with E-state index in [1.165, 1.54) is 64.2 Å². The van der Waals surface area contributed by atoms with Gasteiger partial charge in [-0.05, 0) is 166 Å². The highest BCUT2D eigenvalue weighted by molar-refractivity contribution is 5.87. The average Bonchev–Trinajstić information content (AvgIpc) is 3.30. The molecule has 0 unspecified atom stereocenters. The molecule has 9 heteroatoms. The van der Waals surface area contributed by atoms with Gasteiger partial charge in [0.05, 0.1) is 0 Å². The van der Waals surface area contributed by atoms with E-state index < -0.39 is 11.9 Å². The number of aliphatic hydroxyl groups excluding tert-OH is 2. The van der Waals surface area contributed by atoms with Gasteiger partial charge in [0.15, 0.2) is 0 Å². The molecule has 5 rings (SSSR count). The molecule has 2 fully saturated rings. The molecule has 64 heavy (non-hydrogen) atoms. The molecule has 2 saturated carbocycles. The molecular formula is C55H75FO8. The topological polar surface area (TPSA) is 112 Å². The van der Waals surface area contributed by atoms with Gasteiger partial charge in [-0.2, -0.15) is 0 Å². The lowest BCUT2D eigenvalue weighted by Crippen LogP contribution is -2.25. The lowest BCUT2D eigenvalue weighted by molar-refractivity contribution is -0.140. The molecular weight excluding hydrogens is 808 g/mol. The third kappa shape index (κ3) is 15.0. The highest BCUT2D eigenvalue weighted by atomic mass is 19.1. The summed E-state index contributed by atoms with van der Waals surface area (Å²) in [4.78, 5) is 24.1. The van der Waals surface area contributed by atoms with Crippen LogP contribution in [0.2, 0.25) is 0 Å². The normalized spacial score (nSPS) is 18.6. The predicted octanol–water partition coefficient (Wildman–Crippen LogP) is 12.4. The van der Waals surface area contributed by atoms with Gasteiger partial charge in [-0.15, -0.1) is 0 Å². The molecule has 3 aromatic carbocycles. The maximum absolute atomic E-state index is 16.6. The summed E-state index contributed by atoms with van der Waals surface area (Å²) in [6.45, 7) is 13.2. The first-order valence-corrected chi connectivity index (χ1v) is 24.2. The van der Waals surface area contributed by atoms with E-state index in [4.69, 9.17) is 18.9 Å². The molecule has 3 aromatic rings. The van der Waals surface area contributed by atoms with Crippen molar-refractivity contribution in [3.63, 3.8) is 0 Å². The Morgan fingerprint density at radius 2 is 1.28 bits per heavy atom. The number of esters is 2. The van der Waals surface area contributed by atoms with Crippen LogP contribution in [0.25, 0.3) is 22.3 Å². The van der Waals surface area contributed by atoms with Gasteiger partial charge in [-0.1, -0.05) is 83.2 Å². The molecule has 350 valence electrons. The first-order valence-electron chi connectivity index (χ1n) is 24.2. The van der Waals surface area contributed by atoms with Crippen LogP contribution >= 0.6 is 0 Å². The van der Waals surface area contributed by atoms with Crippen molar-refractivity contribution in [2.24, 2.45) is 17.8 Å². The number of ether oxygens (including phenoxy) is 4. The Labute approximate surface area is 382 Å². The summed E-state index contributed by atoms with van der Waals surface area (Å²) in [5, 5.41) is 19.4. The van der Waals surface area contributed by atoms with Crippen molar-refractivity contribution in [3.8, 4) is 33.8 Å². The summed E-state index contributed by atoms with van der Waals surface area (Å²) >= 11 is 0. The minimum absolute atomic E-state index is 0.00368. The number of carbonyl (C=O) groups is 2. The number of carbonyl (C=O) groups excluding carboxylic acids is 2. The van der Waals surface area contributed by atoms with Crippen LogP contribution in [0.15, 0.2) is 72.8 Å². The number of benzene rings is 3. The van der Waals surface area contributed by atoms with Gasteiger partial charge < -0.3 is 29.2 Å². The highest BCUT2D eigenvalue weighted by Gasteiger charge is 2.31. The van der Waals surface area contributed by atoms with Crippen LogP contribution < -0.4 is 9.47 Å². The molecule has 0 aromatic heterocycles. The predicted molar refractivity (Wildman–Crippen MR) is 254 cm³/mol. The zero-order chi connectivity index (χ0) is 45.8. The minimum Gasteiger partial charge on any atom is -0.490 e. The largest absolute Gasteiger partial charge is 0.490 e. The first-order chi connectivity index (χ1) is 31.0. The summed E-state index contributed by atoms with van der Waals surface area (Å²) in [6, 6.07) is 15.6. The summed E-state index contributed by atoms with van der Waals surface area (Å²) in [7, 11) is 0. The van der Waals surface area contributed by atoms with Gasteiger partial charge in [0.1, 0.15) is 43.7 Å². The van der Waals surface area contributed by atoms with E-state index in [2.05, 4.69) is 26.1 Å². The van der Waals surface area contributed by atoms with Crippen LogP contribution in [0.5, 0.6) is 11.5 Å². The zero-order valence-corrected chi connectivity index (χ0v) is 39.0. The van der Waals surface area contributed by atoms with Crippen LogP contribution in [-0.2, 0) is 31.9 Å². The highest BCUT2D eigenvalue weighted by Crippen LogP contribution is 2.46. The van der Waals surface area contributed by atoms with Crippen LogP contribution in [0.1, 0.15) is 146 Å².